The van der Waals surface area contributed by atoms with E-state index >= 15 is 0 Å². The van der Waals surface area contributed by atoms with E-state index < -0.39 is 4.92 Å². The maximum absolute atomic E-state index is 12.5. The van der Waals surface area contributed by atoms with E-state index in [1.165, 1.54) is 6.07 Å². The van der Waals surface area contributed by atoms with Crippen molar-refractivity contribution in [2.75, 3.05) is 13.1 Å². The Morgan fingerprint density at radius 2 is 2.30 bits per heavy atom. The van der Waals surface area contributed by atoms with Gasteiger partial charge in [-0.05, 0) is 38.3 Å². The first-order chi connectivity index (χ1) is 9.58. The van der Waals surface area contributed by atoms with Crippen molar-refractivity contribution in [3.8, 4) is 0 Å². The molecule has 110 valence electrons. The van der Waals surface area contributed by atoms with Crippen molar-refractivity contribution in [2.45, 2.75) is 32.2 Å². The zero-order chi connectivity index (χ0) is 14.7. The van der Waals surface area contributed by atoms with Gasteiger partial charge in [0.05, 0.1) is 9.80 Å². The van der Waals surface area contributed by atoms with E-state index in [1.807, 2.05) is 11.8 Å². The first-order valence-electron chi connectivity index (χ1n) is 6.83. The van der Waals surface area contributed by atoms with Gasteiger partial charge >= 0.3 is 5.00 Å². The lowest BCUT2D eigenvalue weighted by atomic mass is 10.0. The average Bonchev–Trinajstić information content (AvgIpc) is 3.08. The van der Waals surface area contributed by atoms with Crippen LogP contribution >= 0.6 is 11.3 Å². The van der Waals surface area contributed by atoms with Crippen LogP contribution in [-0.2, 0) is 0 Å². The van der Waals surface area contributed by atoms with Crippen molar-refractivity contribution in [3.63, 3.8) is 0 Å². The Hall–Kier alpha value is -1.47. The fraction of sp³-hybridized carbons (Fsp3) is 0.615. The number of nitro groups is 1. The number of thiophene rings is 1. The molecule has 2 N–H and O–H groups in total. The number of rotatable bonds is 5. The third-order valence-corrected chi connectivity index (χ3v) is 4.93. The molecule has 1 aliphatic rings. The summed E-state index contributed by atoms with van der Waals surface area (Å²) in [4.78, 5) is 25.0. The molecule has 0 saturated heterocycles. The van der Waals surface area contributed by atoms with Gasteiger partial charge in [0.2, 0.25) is 0 Å². The largest absolute Gasteiger partial charge is 0.335 e. The van der Waals surface area contributed by atoms with Crippen molar-refractivity contribution >= 4 is 22.2 Å². The maximum atomic E-state index is 12.5. The molecule has 0 radical (unpaired) electrons. The van der Waals surface area contributed by atoms with Crippen LogP contribution in [0.25, 0.3) is 0 Å². The molecule has 0 spiro atoms. The van der Waals surface area contributed by atoms with Gasteiger partial charge in [-0.25, -0.2) is 0 Å². The summed E-state index contributed by atoms with van der Waals surface area (Å²) in [6.07, 6.45) is 3.10. The minimum absolute atomic E-state index is 0.00574. The number of nitrogens with two attached hydrogens (primary N) is 1. The van der Waals surface area contributed by atoms with Crippen molar-refractivity contribution in [1.82, 2.24) is 4.90 Å². The number of nitrogens with zero attached hydrogens (tertiary/aromatic N) is 2. The Labute approximate surface area is 121 Å². The van der Waals surface area contributed by atoms with Gasteiger partial charge in [0.15, 0.2) is 0 Å². The second-order valence-electron chi connectivity index (χ2n) is 4.98. The molecule has 0 aromatic carbocycles. The summed E-state index contributed by atoms with van der Waals surface area (Å²) in [5.74, 6) is 0.227. The van der Waals surface area contributed by atoms with Crippen LogP contribution in [0.5, 0.6) is 0 Å². The van der Waals surface area contributed by atoms with Crippen LogP contribution in [-0.4, -0.2) is 34.9 Å². The van der Waals surface area contributed by atoms with E-state index in [-0.39, 0.29) is 17.0 Å². The number of carbonyl (C=O) groups is 1. The smallest absolute Gasteiger partial charge is 0.324 e. The Morgan fingerprint density at radius 3 is 2.85 bits per heavy atom. The van der Waals surface area contributed by atoms with Crippen LogP contribution in [0.3, 0.4) is 0 Å². The van der Waals surface area contributed by atoms with Crippen LogP contribution in [0.15, 0.2) is 12.1 Å². The second-order valence-corrected chi connectivity index (χ2v) is 6.04. The summed E-state index contributed by atoms with van der Waals surface area (Å²) in [5, 5.41) is 10.7. The quantitative estimate of drug-likeness (QED) is 0.666. The fourth-order valence-electron chi connectivity index (χ4n) is 2.91. The van der Waals surface area contributed by atoms with Crippen LogP contribution in [0.2, 0.25) is 0 Å². The molecule has 1 aromatic heterocycles. The molecule has 1 fully saturated rings. The van der Waals surface area contributed by atoms with Gasteiger partial charge in [-0.3, -0.25) is 14.9 Å². The molecule has 1 aliphatic carbocycles. The zero-order valence-corrected chi connectivity index (χ0v) is 12.3. The summed E-state index contributed by atoms with van der Waals surface area (Å²) in [6, 6.07) is 3.10. The lowest BCUT2D eigenvalue weighted by Crippen LogP contribution is -2.43. The van der Waals surface area contributed by atoms with E-state index in [9.17, 15) is 14.9 Å². The molecular formula is C13H19N3O3S. The van der Waals surface area contributed by atoms with Gasteiger partial charge in [0, 0.05) is 18.7 Å². The summed E-state index contributed by atoms with van der Waals surface area (Å²) in [5.41, 5.74) is 5.77. The lowest BCUT2D eigenvalue weighted by Gasteiger charge is -2.31. The standard InChI is InChI=1S/C13H19N3O3S/c1-2-15(10-5-3-4-9(10)8-14)13(17)11-6-7-12(20-11)16(18)19/h6-7,9-10H,2-5,8,14H2,1H3. The second kappa shape index (κ2) is 6.32. The van der Waals surface area contributed by atoms with Crippen molar-refractivity contribution < 1.29 is 9.72 Å². The molecular weight excluding hydrogens is 278 g/mol. The minimum Gasteiger partial charge on any atom is -0.335 e. The van der Waals surface area contributed by atoms with Gasteiger partial charge in [-0.1, -0.05) is 17.8 Å². The first-order valence-corrected chi connectivity index (χ1v) is 7.65. The third-order valence-electron chi connectivity index (χ3n) is 3.91. The van der Waals surface area contributed by atoms with Gasteiger partial charge in [-0.15, -0.1) is 0 Å². The predicted molar refractivity (Wildman–Crippen MR) is 77.9 cm³/mol. The molecule has 2 atom stereocenters. The van der Waals surface area contributed by atoms with E-state index in [2.05, 4.69) is 0 Å². The molecule has 6 nitrogen and oxygen atoms in total. The fourth-order valence-corrected chi connectivity index (χ4v) is 3.69. The Bertz CT molecular complexity index is 503. The summed E-state index contributed by atoms with van der Waals surface area (Å²) >= 11 is 0.939. The van der Waals surface area contributed by atoms with E-state index in [4.69, 9.17) is 5.73 Å². The number of amides is 1. The monoisotopic (exact) mass is 297 g/mol. The highest BCUT2D eigenvalue weighted by Gasteiger charge is 2.34. The van der Waals surface area contributed by atoms with Gasteiger partial charge < -0.3 is 10.6 Å². The molecule has 1 saturated carbocycles. The van der Waals surface area contributed by atoms with Crippen LogP contribution < -0.4 is 5.73 Å². The molecule has 20 heavy (non-hydrogen) atoms. The molecule has 1 amide bonds. The molecule has 2 rings (SSSR count). The van der Waals surface area contributed by atoms with E-state index in [0.717, 1.165) is 30.6 Å². The summed E-state index contributed by atoms with van der Waals surface area (Å²) < 4.78 is 0. The van der Waals surface area contributed by atoms with E-state index in [0.29, 0.717) is 23.9 Å². The predicted octanol–water partition coefficient (Wildman–Crippen LogP) is 2.25. The Morgan fingerprint density at radius 1 is 1.55 bits per heavy atom. The normalized spacial score (nSPS) is 21.9. The molecule has 7 heteroatoms. The summed E-state index contributed by atoms with van der Waals surface area (Å²) in [7, 11) is 0. The minimum atomic E-state index is -0.462. The first kappa shape index (κ1) is 14.9. The average molecular weight is 297 g/mol. The van der Waals surface area contributed by atoms with Crippen LogP contribution in [0.4, 0.5) is 5.00 Å². The van der Waals surface area contributed by atoms with E-state index in [1.54, 1.807) is 6.07 Å². The SMILES string of the molecule is CCN(C(=O)c1ccc([N+](=O)[O-])s1)C1CCCC1CN. The number of hydrogen-bond donors (Lipinski definition) is 1. The van der Waals surface area contributed by atoms with Crippen molar-refractivity contribution in [1.29, 1.82) is 0 Å². The van der Waals surface area contributed by atoms with Crippen LogP contribution in [0, 0.1) is 16.0 Å². The highest BCUT2D eigenvalue weighted by Crippen LogP contribution is 2.32. The Balaban J connectivity index is 2.17. The number of hydrogen-bond acceptors (Lipinski definition) is 5. The molecule has 1 heterocycles. The Kier molecular flexibility index (Phi) is 4.72. The molecule has 2 unspecified atom stereocenters. The summed E-state index contributed by atoms with van der Waals surface area (Å²) in [6.45, 7) is 3.12. The molecule has 0 aliphatic heterocycles. The third kappa shape index (κ3) is 2.83. The maximum Gasteiger partial charge on any atom is 0.324 e. The van der Waals surface area contributed by atoms with Gasteiger partial charge in [-0.2, -0.15) is 0 Å². The van der Waals surface area contributed by atoms with Crippen molar-refractivity contribution in [2.24, 2.45) is 11.7 Å². The van der Waals surface area contributed by atoms with Crippen LogP contribution in [0.1, 0.15) is 35.9 Å². The molecule has 0 bridgehead atoms. The zero-order valence-electron chi connectivity index (χ0n) is 11.4. The van der Waals surface area contributed by atoms with Gasteiger partial charge in [0.25, 0.3) is 5.91 Å². The van der Waals surface area contributed by atoms with Crippen molar-refractivity contribution in [3.05, 3.63) is 27.1 Å². The lowest BCUT2D eigenvalue weighted by molar-refractivity contribution is -0.380. The highest BCUT2D eigenvalue weighted by molar-refractivity contribution is 7.17. The molecule has 1 aromatic rings. The van der Waals surface area contributed by atoms with Gasteiger partial charge in [0.1, 0.15) is 0 Å². The number of carbonyl (C=O) groups excluding carboxylic acids is 1. The highest BCUT2D eigenvalue weighted by atomic mass is 32.1. The topological polar surface area (TPSA) is 89.5 Å².